The van der Waals surface area contributed by atoms with Gasteiger partial charge in [0.05, 0.1) is 12.3 Å². The van der Waals surface area contributed by atoms with Gasteiger partial charge in [-0.1, -0.05) is 51.1 Å². The predicted molar refractivity (Wildman–Crippen MR) is 155 cm³/mol. The maximum Gasteiger partial charge on any atom is 0.269 e. The molecule has 0 spiro atoms. The number of anilines is 1. The quantitative estimate of drug-likeness (QED) is 0.405. The fourth-order valence-corrected chi connectivity index (χ4v) is 6.46. The van der Waals surface area contributed by atoms with Gasteiger partial charge < -0.3 is 14.2 Å². The standard InChI is InChI=1S/C31H40N4O2S/c1-21-8-6-9-22(2)29(21)27-18-28-33-30(32-27)34-38(36)26-11-7-10-23(17-26)16-24-12-14-35(15-13-31(3,4)5)19-25(24)20-37-28/h6-11,17-18,24-25H,12-16,19-20H2,1-5H3,(H,32,33,34)/t24?,25-,38?/m1/s1. The topological polar surface area (TPSA) is 73.3 Å². The molecule has 4 bridgehead atoms. The van der Waals surface area contributed by atoms with Crippen molar-refractivity contribution >= 4 is 17.3 Å². The summed E-state index contributed by atoms with van der Waals surface area (Å²) in [4.78, 5) is 12.8. The van der Waals surface area contributed by atoms with Gasteiger partial charge in [0.25, 0.3) is 5.95 Å². The minimum absolute atomic E-state index is 0.315. The van der Waals surface area contributed by atoms with Gasteiger partial charge in [0, 0.05) is 24.1 Å². The van der Waals surface area contributed by atoms with Crippen LogP contribution in [0.2, 0.25) is 0 Å². The highest BCUT2D eigenvalue weighted by atomic mass is 32.2. The maximum absolute atomic E-state index is 13.3. The van der Waals surface area contributed by atoms with Crippen LogP contribution in [0.4, 0.5) is 5.95 Å². The summed E-state index contributed by atoms with van der Waals surface area (Å²) in [5, 5.41) is 0. The Balaban J connectivity index is 1.49. The number of fused-ring (bicyclic) bond motifs is 5. The van der Waals surface area contributed by atoms with E-state index in [2.05, 4.69) is 79.6 Å². The lowest BCUT2D eigenvalue weighted by Crippen LogP contribution is -2.44. The Morgan fingerprint density at radius 1 is 1.05 bits per heavy atom. The van der Waals surface area contributed by atoms with Gasteiger partial charge in [0.2, 0.25) is 5.88 Å². The van der Waals surface area contributed by atoms with Gasteiger partial charge in [0.15, 0.2) is 4.90 Å². The Labute approximate surface area is 230 Å². The van der Waals surface area contributed by atoms with Crippen molar-refractivity contribution in [2.24, 2.45) is 17.3 Å². The Kier molecular flexibility index (Phi) is 7.98. The van der Waals surface area contributed by atoms with E-state index in [1.165, 1.54) is 12.0 Å². The molecule has 0 amide bonds. The number of hydrogen-bond acceptors (Lipinski definition) is 6. The summed E-state index contributed by atoms with van der Waals surface area (Å²) in [6.07, 6.45) is 3.27. The van der Waals surface area contributed by atoms with Gasteiger partial charge >= 0.3 is 0 Å². The van der Waals surface area contributed by atoms with Crippen molar-refractivity contribution in [3.05, 3.63) is 65.2 Å². The number of nitrogens with one attached hydrogen (secondary N) is 1. The van der Waals surface area contributed by atoms with E-state index >= 15 is 0 Å². The first kappa shape index (κ1) is 27.0. The monoisotopic (exact) mass is 532 g/mol. The molecule has 2 aliphatic rings. The average Bonchev–Trinajstić information content (AvgIpc) is 2.86. The number of benzene rings is 2. The molecule has 1 aromatic heterocycles. The Morgan fingerprint density at radius 2 is 1.82 bits per heavy atom. The third kappa shape index (κ3) is 6.50. The molecule has 3 heterocycles. The molecule has 1 fully saturated rings. The molecule has 5 rings (SSSR count). The van der Waals surface area contributed by atoms with Crippen molar-refractivity contribution in [3.8, 4) is 17.1 Å². The van der Waals surface area contributed by atoms with Crippen molar-refractivity contribution in [2.75, 3.05) is 31.0 Å². The first-order valence-electron chi connectivity index (χ1n) is 13.7. The van der Waals surface area contributed by atoms with Crippen LogP contribution in [-0.2, 0) is 17.8 Å². The summed E-state index contributed by atoms with van der Waals surface area (Å²) in [5.74, 6) is 1.72. The zero-order valence-corrected chi connectivity index (χ0v) is 24.1. The molecule has 202 valence electrons. The molecular weight excluding hydrogens is 492 g/mol. The Hall–Kier alpha value is -2.61. The lowest BCUT2D eigenvalue weighted by Gasteiger charge is -2.39. The summed E-state index contributed by atoms with van der Waals surface area (Å²) in [6.45, 7) is 15.0. The molecule has 2 aromatic carbocycles. The van der Waals surface area contributed by atoms with Crippen molar-refractivity contribution in [2.45, 2.75) is 58.8 Å². The lowest BCUT2D eigenvalue weighted by molar-refractivity contribution is 0.0724. The van der Waals surface area contributed by atoms with Gasteiger partial charge in [-0.2, -0.15) is 9.71 Å². The SMILES string of the molecule is Cc1cccc(C)c1-c1cc2nc(n1)N[S+]([O-])c1cccc(c1)CC1CCN(CCC(C)(C)C)C[C@@H]1CO2. The number of rotatable bonds is 3. The molecular formula is C31H40N4O2S. The fraction of sp³-hybridized carbons (Fsp3) is 0.484. The first-order chi connectivity index (χ1) is 18.1. The number of aryl methyl sites for hydroxylation is 2. The Bertz CT molecular complexity index is 1250. The number of hydrogen-bond donors (Lipinski definition) is 1. The van der Waals surface area contributed by atoms with E-state index < -0.39 is 11.4 Å². The normalized spacial score (nSPS) is 22.2. The van der Waals surface area contributed by atoms with Crippen LogP contribution in [-0.4, -0.2) is 45.7 Å². The molecule has 2 aliphatic heterocycles. The van der Waals surface area contributed by atoms with Gasteiger partial charge in [-0.05, 0) is 86.4 Å². The van der Waals surface area contributed by atoms with Crippen molar-refractivity contribution in [1.29, 1.82) is 0 Å². The molecule has 1 N–H and O–H groups in total. The lowest BCUT2D eigenvalue weighted by atomic mass is 9.81. The average molecular weight is 533 g/mol. The highest BCUT2D eigenvalue weighted by Crippen LogP contribution is 2.33. The summed E-state index contributed by atoms with van der Waals surface area (Å²) < 4.78 is 22.8. The minimum atomic E-state index is -1.48. The largest absolute Gasteiger partial charge is 0.588 e. The molecule has 0 radical (unpaired) electrons. The van der Waals surface area contributed by atoms with Crippen LogP contribution in [0.1, 0.15) is 50.3 Å². The van der Waals surface area contributed by atoms with Crippen LogP contribution < -0.4 is 9.46 Å². The van der Waals surface area contributed by atoms with Crippen LogP contribution in [0.25, 0.3) is 11.3 Å². The summed E-state index contributed by atoms with van der Waals surface area (Å²) in [6, 6.07) is 16.3. The van der Waals surface area contributed by atoms with E-state index in [-0.39, 0.29) is 0 Å². The Morgan fingerprint density at radius 3 is 2.58 bits per heavy atom. The second kappa shape index (κ2) is 11.2. The second-order valence-electron chi connectivity index (χ2n) is 12.1. The summed E-state index contributed by atoms with van der Waals surface area (Å²) >= 11 is -1.48. The molecule has 2 unspecified atom stereocenters. The minimum Gasteiger partial charge on any atom is -0.588 e. The number of likely N-dealkylation sites (tertiary alicyclic amines) is 1. The third-order valence-electron chi connectivity index (χ3n) is 7.83. The molecule has 38 heavy (non-hydrogen) atoms. The number of ether oxygens (including phenoxy) is 1. The third-order valence-corrected chi connectivity index (χ3v) is 8.88. The van der Waals surface area contributed by atoms with Crippen molar-refractivity contribution < 1.29 is 9.29 Å². The highest BCUT2D eigenvalue weighted by Gasteiger charge is 2.31. The van der Waals surface area contributed by atoms with Gasteiger partial charge in [0.1, 0.15) is 11.4 Å². The molecule has 3 atom stereocenters. The summed E-state index contributed by atoms with van der Waals surface area (Å²) in [5.41, 5.74) is 5.65. The zero-order valence-electron chi connectivity index (χ0n) is 23.3. The van der Waals surface area contributed by atoms with Crippen molar-refractivity contribution in [3.63, 3.8) is 0 Å². The van der Waals surface area contributed by atoms with Crippen LogP contribution in [0, 0.1) is 31.1 Å². The van der Waals surface area contributed by atoms with E-state index in [1.54, 1.807) is 0 Å². The maximum atomic E-state index is 13.3. The number of nitrogens with zero attached hydrogens (tertiary/aromatic N) is 3. The molecule has 0 saturated carbocycles. The summed E-state index contributed by atoms with van der Waals surface area (Å²) in [7, 11) is 0. The smallest absolute Gasteiger partial charge is 0.269 e. The van der Waals surface area contributed by atoms with Crippen LogP contribution in [0.15, 0.2) is 53.4 Å². The highest BCUT2D eigenvalue weighted by molar-refractivity contribution is 7.92. The van der Waals surface area contributed by atoms with Gasteiger partial charge in [-0.15, -0.1) is 0 Å². The van der Waals surface area contributed by atoms with E-state index in [1.807, 2.05) is 18.2 Å². The number of aromatic nitrogens is 2. The van der Waals surface area contributed by atoms with E-state index in [0.29, 0.717) is 35.7 Å². The van der Waals surface area contributed by atoms with Crippen LogP contribution in [0.5, 0.6) is 5.88 Å². The van der Waals surface area contributed by atoms with Crippen LogP contribution in [0.3, 0.4) is 0 Å². The predicted octanol–water partition coefficient (Wildman–Crippen LogP) is 6.20. The molecule has 7 heteroatoms. The van der Waals surface area contributed by atoms with Crippen molar-refractivity contribution in [1.82, 2.24) is 14.9 Å². The van der Waals surface area contributed by atoms with Crippen LogP contribution >= 0.6 is 0 Å². The van der Waals surface area contributed by atoms with E-state index in [4.69, 9.17) is 9.72 Å². The van der Waals surface area contributed by atoms with E-state index in [0.717, 1.165) is 59.8 Å². The molecule has 1 saturated heterocycles. The molecule has 3 aromatic rings. The molecule has 6 nitrogen and oxygen atoms in total. The molecule has 0 aliphatic carbocycles. The number of piperidine rings is 1. The van der Waals surface area contributed by atoms with E-state index in [9.17, 15) is 4.55 Å². The first-order valence-corrected chi connectivity index (χ1v) is 14.9. The van der Waals surface area contributed by atoms with Gasteiger partial charge in [-0.25, -0.2) is 4.98 Å². The second-order valence-corrected chi connectivity index (χ2v) is 13.3. The zero-order chi connectivity index (χ0) is 26.9. The van der Waals surface area contributed by atoms with Gasteiger partial charge in [-0.3, -0.25) is 0 Å². The fourth-order valence-electron chi connectivity index (χ4n) is 5.63.